The molecule has 2 aromatic carbocycles. The Morgan fingerprint density at radius 2 is 2.00 bits per heavy atom. The van der Waals surface area contributed by atoms with Crippen LogP contribution in [0.1, 0.15) is 18.1 Å². The smallest absolute Gasteiger partial charge is 0.280 e. The van der Waals surface area contributed by atoms with Crippen molar-refractivity contribution in [3.8, 4) is 17.2 Å². The van der Waals surface area contributed by atoms with Crippen LogP contribution in [0.5, 0.6) is 17.2 Å². The van der Waals surface area contributed by atoms with Crippen molar-refractivity contribution in [1.29, 1.82) is 0 Å². The van der Waals surface area contributed by atoms with Crippen molar-refractivity contribution < 1.29 is 23.8 Å². The van der Waals surface area contributed by atoms with E-state index in [0.29, 0.717) is 27.8 Å². The van der Waals surface area contributed by atoms with Crippen molar-refractivity contribution in [3.05, 3.63) is 52.5 Å². The van der Waals surface area contributed by atoms with E-state index in [2.05, 4.69) is 10.5 Å². The molecule has 29 heavy (non-hydrogen) atoms. The van der Waals surface area contributed by atoms with Crippen molar-refractivity contribution in [3.63, 3.8) is 0 Å². The molecule has 8 nitrogen and oxygen atoms in total. The summed E-state index contributed by atoms with van der Waals surface area (Å²) in [5, 5.41) is 4.54. The van der Waals surface area contributed by atoms with E-state index >= 15 is 0 Å². The van der Waals surface area contributed by atoms with Crippen LogP contribution in [-0.2, 0) is 9.59 Å². The average Bonchev–Trinajstić information content (AvgIpc) is 2.69. The van der Waals surface area contributed by atoms with Gasteiger partial charge in [0.15, 0.2) is 24.2 Å². The lowest BCUT2D eigenvalue weighted by Gasteiger charge is -2.13. The Morgan fingerprint density at radius 1 is 1.24 bits per heavy atom. The molecule has 0 radical (unpaired) electrons. The summed E-state index contributed by atoms with van der Waals surface area (Å²) in [6.45, 7) is 3.20. The van der Waals surface area contributed by atoms with E-state index in [1.54, 1.807) is 43.3 Å². The standard InChI is InChI=1S/C20H22ClN3O5/c1-12-8-15(5-6-16(12)21)29-13(2)20(26)24-23-10-14-4-7-17(18(9-14)27-3)28-11-19(22)25/h4-10,13H,11H2,1-3H3,(H2,22,25)(H,24,26)/b23-10-/t13-/m0/s1. The van der Waals surface area contributed by atoms with Gasteiger partial charge in [0.25, 0.3) is 11.8 Å². The minimum atomic E-state index is -0.758. The van der Waals surface area contributed by atoms with Crippen LogP contribution in [0.2, 0.25) is 5.02 Å². The molecule has 3 N–H and O–H groups in total. The summed E-state index contributed by atoms with van der Waals surface area (Å²) in [6.07, 6.45) is 0.684. The molecule has 0 aliphatic rings. The van der Waals surface area contributed by atoms with Gasteiger partial charge in [0.05, 0.1) is 13.3 Å². The van der Waals surface area contributed by atoms with E-state index < -0.39 is 17.9 Å². The molecule has 0 saturated heterocycles. The van der Waals surface area contributed by atoms with Gasteiger partial charge in [-0.15, -0.1) is 0 Å². The monoisotopic (exact) mass is 419 g/mol. The normalized spacial score (nSPS) is 11.7. The Labute approximate surface area is 173 Å². The van der Waals surface area contributed by atoms with E-state index in [0.717, 1.165) is 5.56 Å². The van der Waals surface area contributed by atoms with Crippen LogP contribution in [-0.4, -0.2) is 37.8 Å². The number of halogens is 1. The third-order valence-electron chi connectivity index (χ3n) is 3.76. The number of nitrogens with two attached hydrogens (primary N) is 1. The predicted molar refractivity (Wildman–Crippen MR) is 110 cm³/mol. The molecule has 0 saturated carbocycles. The summed E-state index contributed by atoms with van der Waals surface area (Å²) in [5.74, 6) is 0.298. The molecule has 0 unspecified atom stereocenters. The second-order valence-corrected chi connectivity index (χ2v) is 6.48. The van der Waals surface area contributed by atoms with Gasteiger partial charge in [-0.05, 0) is 61.4 Å². The number of hydrogen-bond donors (Lipinski definition) is 2. The Bertz CT molecular complexity index is 917. The number of rotatable bonds is 9. The summed E-state index contributed by atoms with van der Waals surface area (Å²) < 4.78 is 16.1. The average molecular weight is 420 g/mol. The Balaban J connectivity index is 1.94. The van der Waals surface area contributed by atoms with Crippen LogP contribution in [0.15, 0.2) is 41.5 Å². The van der Waals surface area contributed by atoms with Crippen molar-refractivity contribution in [2.24, 2.45) is 10.8 Å². The minimum Gasteiger partial charge on any atom is -0.493 e. The van der Waals surface area contributed by atoms with Gasteiger partial charge in [-0.2, -0.15) is 5.10 Å². The predicted octanol–water partition coefficient (Wildman–Crippen LogP) is 2.44. The zero-order chi connectivity index (χ0) is 21.4. The quantitative estimate of drug-likeness (QED) is 0.479. The van der Waals surface area contributed by atoms with Gasteiger partial charge in [-0.3, -0.25) is 9.59 Å². The van der Waals surface area contributed by atoms with E-state index in [9.17, 15) is 9.59 Å². The molecule has 0 bridgehead atoms. The Morgan fingerprint density at radius 3 is 2.66 bits per heavy atom. The van der Waals surface area contributed by atoms with Crippen LogP contribution in [0, 0.1) is 6.92 Å². The minimum absolute atomic E-state index is 0.259. The maximum atomic E-state index is 12.2. The lowest BCUT2D eigenvalue weighted by molar-refractivity contribution is -0.127. The van der Waals surface area contributed by atoms with Crippen LogP contribution in [0.3, 0.4) is 0 Å². The number of nitrogens with one attached hydrogen (secondary N) is 1. The third-order valence-corrected chi connectivity index (χ3v) is 4.18. The van der Waals surface area contributed by atoms with Crippen LogP contribution < -0.4 is 25.4 Å². The number of methoxy groups -OCH3 is 1. The van der Waals surface area contributed by atoms with E-state index in [1.807, 2.05) is 6.92 Å². The van der Waals surface area contributed by atoms with Crippen LogP contribution in [0.4, 0.5) is 0 Å². The van der Waals surface area contributed by atoms with Gasteiger partial charge < -0.3 is 19.9 Å². The maximum absolute atomic E-state index is 12.2. The third kappa shape index (κ3) is 6.69. The zero-order valence-corrected chi connectivity index (χ0v) is 17.0. The first-order chi connectivity index (χ1) is 13.8. The molecular formula is C20H22ClN3O5. The molecule has 0 aliphatic heterocycles. The number of carbonyl (C=O) groups excluding carboxylic acids is 2. The fourth-order valence-electron chi connectivity index (χ4n) is 2.24. The molecule has 0 fully saturated rings. The van der Waals surface area contributed by atoms with E-state index in [4.69, 9.17) is 31.5 Å². The molecule has 0 heterocycles. The molecule has 154 valence electrons. The Kier molecular flexibility index (Phi) is 7.85. The van der Waals surface area contributed by atoms with Crippen molar-refractivity contribution in [1.82, 2.24) is 5.43 Å². The summed E-state index contributed by atoms with van der Waals surface area (Å²) >= 11 is 5.98. The SMILES string of the molecule is COc1cc(/C=N\NC(=O)[C@H](C)Oc2ccc(Cl)c(C)c2)ccc1OCC(N)=O. The van der Waals surface area contributed by atoms with Gasteiger partial charge in [0.2, 0.25) is 0 Å². The number of aryl methyl sites for hydroxylation is 1. The molecule has 0 aliphatic carbocycles. The number of amides is 2. The lowest BCUT2D eigenvalue weighted by Crippen LogP contribution is -2.33. The van der Waals surface area contributed by atoms with E-state index in [-0.39, 0.29) is 6.61 Å². The van der Waals surface area contributed by atoms with Gasteiger partial charge in [-0.25, -0.2) is 5.43 Å². The molecule has 2 aromatic rings. The second-order valence-electron chi connectivity index (χ2n) is 6.07. The molecular weight excluding hydrogens is 398 g/mol. The fourth-order valence-corrected chi connectivity index (χ4v) is 2.36. The first kappa shape index (κ1) is 22.0. The van der Waals surface area contributed by atoms with E-state index in [1.165, 1.54) is 13.3 Å². The first-order valence-electron chi connectivity index (χ1n) is 8.65. The number of primary amides is 1. The molecule has 0 aromatic heterocycles. The maximum Gasteiger partial charge on any atom is 0.280 e. The van der Waals surface area contributed by atoms with Crippen molar-refractivity contribution in [2.75, 3.05) is 13.7 Å². The number of hydrogen-bond acceptors (Lipinski definition) is 6. The number of ether oxygens (including phenoxy) is 3. The van der Waals surface area contributed by atoms with Gasteiger partial charge in [0, 0.05) is 5.02 Å². The fraction of sp³-hybridized carbons (Fsp3) is 0.250. The highest BCUT2D eigenvalue weighted by atomic mass is 35.5. The van der Waals surface area contributed by atoms with Gasteiger partial charge in [-0.1, -0.05) is 11.6 Å². The number of hydrazone groups is 1. The highest BCUT2D eigenvalue weighted by Crippen LogP contribution is 2.27. The first-order valence-corrected chi connectivity index (χ1v) is 9.02. The number of carbonyl (C=O) groups is 2. The number of benzene rings is 2. The van der Waals surface area contributed by atoms with Gasteiger partial charge in [0.1, 0.15) is 5.75 Å². The summed E-state index contributed by atoms with van der Waals surface area (Å²) in [4.78, 5) is 23.0. The van der Waals surface area contributed by atoms with Gasteiger partial charge >= 0.3 is 0 Å². The molecule has 9 heteroatoms. The number of nitrogens with zero attached hydrogens (tertiary/aromatic N) is 1. The van der Waals surface area contributed by atoms with Crippen LogP contribution >= 0.6 is 11.6 Å². The Hall–Kier alpha value is -3.26. The summed E-state index contributed by atoms with van der Waals surface area (Å²) in [7, 11) is 1.46. The highest BCUT2D eigenvalue weighted by molar-refractivity contribution is 6.31. The summed E-state index contributed by atoms with van der Waals surface area (Å²) in [6, 6.07) is 10.1. The highest BCUT2D eigenvalue weighted by Gasteiger charge is 2.14. The molecule has 2 rings (SSSR count). The van der Waals surface area contributed by atoms with Crippen LogP contribution in [0.25, 0.3) is 0 Å². The molecule has 1 atom stereocenters. The largest absolute Gasteiger partial charge is 0.493 e. The summed E-state index contributed by atoms with van der Waals surface area (Å²) in [5.41, 5.74) is 8.98. The lowest BCUT2D eigenvalue weighted by atomic mass is 10.2. The second kappa shape index (κ2) is 10.3. The van der Waals surface area contributed by atoms with Crippen molar-refractivity contribution in [2.45, 2.75) is 20.0 Å². The molecule has 0 spiro atoms. The van der Waals surface area contributed by atoms with Crippen molar-refractivity contribution >= 4 is 29.6 Å². The zero-order valence-electron chi connectivity index (χ0n) is 16.3. The topological polar surface area (TPSA) is 112 Å². The molecule has 2 amide bonds.